The van der Waals surface area contributed by atoms with Gasteiger partial charge < -0.3 is 0 Å². The molecule has 2 aliphatic rings. The third kappa shape index (κ3) is 16.7. The standard InChI is InChI=1S/2C7H9.C2H7Si.2ClH.Hf/c2*1-2-7-5-3-4-6-7;1-3-2;;;/h2*3,5H,2,4H2,1H3;3H,1-2H3;2*1H;/q2*-1;;;;. The Kier molecular flexibility index (Phi) is 31.5. The molecule has 2 rings (SSSR count). The van der Waals surface area contributed by atoms with Crippen LogP contribution < -0.4 is 0 Å². The summed E-state index contributed by atoms with van der Waals surface area (Å²) in [6.45, 7) is 8.72. The van der Waals surface area contributed by atoms with Crippen LogP contribution in [0.4, 0.5) is 0 Å². The van der Waals surface area contributed by atoms with E-state index in [0.29, 0.717) is 0 Å². The van der Waals surface area contributed by atoms with Gasteiger partial charge in [0.2, 0.25) is 0 Å². The van der Waals surface area contributed by atoms with Crippen LogP contribution in [-0.2, 0) is 25.8 Å². The second-order valence-electron chi connectivity index (χ2n) is 3.90. The van der Waals surface area contributed by atoms with Crippen LogP contribution in [0, 0.1) is 12.2 Å². The number of hydrogen-bond donors (Lipinski definition) is 0. The van der Waals surface area contributed by atoms with E-state index in [0.717, 1.165) is 35.2 Å². The van der Waals surface area contributed by atoms with Gasteiger partial charge >= 0.3 is 0 Å². The van der Waals surface area contributed by atoms with E-state index < -0.39 is 0 Å². The van der Waals surface area contributed by atoms with E-state index in [2.05, 4.69) is 63.4 Å². The minimum atomic E-state index is 0. The van der Waals surface area contributed by atoms with Crippen LogP contribution in [0.3, 0.4) is 0 Å². The minimum absolute atomic E-state index is 0. The maximum atomic E-state index is 3.21. The van der Waals surface area contributed by atoms with Crippen molar-refractivity contribution in [1.29, 1.82) is 0 Å². The summed E-state index contributed by atoms with van der Waals surface area (Å²) in [5.41, 5.74) is 2.72. The summed E-state index contributed by atoms with van der Waals surface area (Å²) in [5.74, 6) is 0. The summed E-state index contributed by atoms with van der Waals surface area (Å²) in [7, 11) is 0.750. The predicted octanol–water partition coefficient (Wildman–Crippen LogP) is 5.53. The van der Waals surface area contributed by atoms with Gasteiger partial charge in [-0.1, -0.05) is 39.8 Å². The summed E-state index contributed by atoms with van der Waals surface area (Å²) < 4.78 is 0. The Labute approximate surface area is 159 Å². The molecular formula is C16H27Cl2HfSi-2. The molecule has 1 radical (unpaired) electrons. The molecule has 0 amide bonds. The average Bonchev–Trinajstić information content (AvgIpc) is 3.04. The van der Waals surface area contributed by atoms with Crippen molar-refractivity contribution in [2.45, 2.75) is 52.6 Å². The predicted molar refractivity (Wildman–Crippen MR) is 95.0 cm³/mol. The van der Waals surface area contributed by atoms with Crippen LogP contribution >= 0.6 is 24.8 Å². The molecule has 0 saturated heterocycles. The van der Waals surface area contributed by atoms with Gasteiger partial charge in [-0.25, -0.2) is 23.3 Å². The first kappa shape index (κ1) is 28.7. The molecule has 4 heteroatoms. The van der Waals surface area contributed by atoms with E-state index in [9.17, 15) is 0 Å². The maximum Gasteiger partial charge on any atom is 0.0213 e. The molecule has 0 N–H and O–H groups in total. The normalized spacial score (nSPS) is 13.2. The largest absolute Gasteiger partial charge is 0.270 e. The summed E-state index contributed by atoms with van der Waals surface area (Å²) in [4.78, 5) is 0. The van der Waals surface area contributed by atoms with Crippen molar-refractivity contribution < 1.29 is 25.8 Å². The molecule has 0 aromatic heterocycles. The Hall–Kier alpha value is 0.627. The fraction of sp³-hybridized carbons (Fsp3) is 0.500. The van der Waals surface area contributed by atoms with Crippen LogP contribution in [0.15, 0.2) is 35.5 Å². The van der Waals surface area contributed by atoms with E-state index in [1.165, 1.54) is 11.1 Å². The molecule has 0 heterocycles. The van der Waals surface area contributed by atoms with Crippen LogP contribution in [0.1, 0.15) is 39.5 Å². The molecule has 2 aliphatic carbocycles. The first-order chi connectivity index (χ1) is 8.28. The fourth-order valence-electron chi connectivity index (χ4n) is 1.39. The second kappa shape index (κ2) is 21.9. The number of halogens is 2. The number of allylic oxidation sites excluding steroid dienone is 8. The van der Waals surface area contributed by atoms with Gasteiger partial charge in [0.15, 0.2) is 0 Å². The minimum Gasteiger partial charge on any atom is -0.270 e. The number of hydrogen-bond acceptors (Lipinski definition) is 0. The number of rotatable bonds is 2. The van der Waals surface area contributed by atoms with Crippen LogP contribution in [0.25, 0.3) is 0 Å². The molecule has 0 aliphatic heterocycles. The molecular weight excluding hydrogens is 470 g/mol. The Balaban J connectivity index is -0.0000000956. The summed E-state index contributed by atoms with van der Waals surface area (Å²) in [5, 5.41) is 0. The van der Waals surface area contributed by atoms with Gasteiger partial charge in [-0.2, -0.15) is 12.2 Å². The average molecular weight is 497 g/mol. The molecule has 0 saturated carbocycles. The van der Waals surface area contributed by atoms with E-state index >= 15 is 0 Å². The first-order valence-electron chi connectivity index (χ1n) is 6.54. The van der Waals surface area contributed by atoms with E-state index in [1.807, 2.05) is 0 Å². The summed E-state index contributed by atoms with van der Waals surface area (Å²) >= 11 is 0. The Morgan fingerprint density at radius 3 is 1.30 bits per heavy atom. The topological polar surface area (TPSA) is 0 Å². The van der Waals surface area contributed by atoms with Crippen molar-refractivity contribution in [3.05, 3.63) is 47.6 Å². The molecule has 0 nitrogen and oxygen atoms in total. The zero-order valence-corrected chi connectivity index (χ0v) is 19.4. The van der Waals surface area contributed by atoms with Crippen LogP contribution in [0.5, 0.6) is 0 Å². The molecule has 20 heavy (non-hydrogen) atoms. The van der Waals surface area contributed by atoms with E-state index in [4.69, 9.17) is 0 Å². The molecule has 0 spiro atoms. The second-order valence-corrected chi connectivity index (χ2v) is 5.06. The van der Waals surface area contributed by atoms with Crippen molar-refractivity contribution in [3.63, 3.8) is 0 Å². The van der Waals surface area contributed by atoms with Gasteiger partial charge in [-0.15, -0.1) is 37.7 Å². The smallest absolute Gasteiger partial charge is 0.0213 e. The molecule has 0 aromatic carbocycles. The van der Waals surface area contributed by atoms with Gasteiger partial charge in [0.1, 0.15) is 0 Å². The SMILES string of the molecule is CCC1=[C-]CC=C1.CCC1=[C-]CC=C1.C[SiH]C.Cl.Cl.[Hf]. The monoisotopic (exact) mass is 497 g/mol. The maximum absolute atomic E-state index is 3.21. The molecule has 0 fully saturated rings. The van der Waals surface area contributed by atoms with Crippen molar-refractivity contribution in [3.8, 4) is 0 Å². The third-order valence-corrected chi connectivity index (χ3v) is 2.29. The molecule has 0 atom stereocenters. The van der Waals surface area contributed by atoms with Crippen molar-refractivity contribution >= 4 is 34.3 Å². The van der Waals surface area contributed by atoms with Gasteiger partial charge in [-0.05, 0) is 0 Å². The van der Waals surface area contributed by atoms with Crippen molar-refractivity contribution in [1.82, 2.24) is 0 Å². The third-order valence-electron chi connectivity index (χ3n) is 2.29. The zero-order chi connectivity index (χ0) is 12.9. The molecule has 0 bridgehead atoms. The Morgan fingerprint density at radius 1 is 0.900 bits per heavy atom. The molecule has 115 valence electrons. The Morgan fingerprint density at radius 2 is 1.20 bits per heavy atom. The molecule has 0 unspecified atom stereocenters. The van der Waals surface area contributed by atoms with Gasteiger partial charge in [0.25, 0.3) is 0 Å². The molecule has 0 aromatic rings. The Bertz CT molecular complexity index is 278. The van der Waals surface area contributed by atoms with Crippen molar-refractivity contribution in [2.24, 2.45) is 0 Å². The zero-order valence-electron chi connectivity index (χ0n) is 13.0. The summed E-state index contributed by atoms with van der Waals surface area (Å²) in [6, 6.07) is 0. The van der Waals surface area contributed by atoms with Gasteiger partial charge in [0, 0.05) is 35.4 Å². The quantitative estimate of drug-likeness (QED) is 0.348. The first-order valence-corrected chi connectivity index (χ1v) is 8.85. The van der Waals surface area contributed by atoms with E-state index in [1.54, 1.807) is 0 Å². The van der Waals surface area contributed by atoms with Crippen LogP contribution in [0.2, 0.25) is 13.1 Å². The van der Waals surface area contributed by atoms with Gasteiger partial charge in [-0.3, -0.25) is 12.2 Å². The fourth-order valence-corrected chi connectivity index (χ4v) is 1.39. The van der Waals surface area contributed by atoms with Crippen LogP contribution in [-0.4, -0.2) is 9.52 Å². The van der Waals surface area contributed by atoms with Gasteiger partial charge in [0.05, 0.1) is 0 Å². The summed E-state index contributed by atoms with van der Waals surface area (Å²) in [6.07, 6.45) is 19.3. The van der Waals surface area contributed by atoms with E-state index in [-0.39, 0.29) is 50.7 Å². The van der Waals surface area contributed by atoms with Crippen molar-refractivity contribution in [2.75, 3.05) is 0 Å².